The van der Waals surface area contributed by atoms with E-state index < -0.39 is 0 Å². The van der Waals surface area contributed by atoms with E-state index in [-0.39, 0.29) is 18.1 Å². The van der Waals surface area contributed by atoms with E-state index in [9.17, 15) is 5.11 Å². The maximum atomic E-state index is 10.2. The van der Waals surface area contributed by atoms with Gasteiger partial charge in [-0.1, -0.05) is 45.8 Å². The van der Waals surface area contributed by atoms with Crippen LogP contribution < -0.4 is 0 Å². The lowest BCUT2D eigenvalue weighted by molar-refractivity contribution is -0.0659. The molecule has 0 bridgehead atoms. The summed E-state index contributed by atoms with van der Waals surface area (Å²) < 4.78 is 5.73. The summed E-state index contributed by atoms with van der Waals surface area (Å²) in [4.78, 5) is 0. The van der Waals surface area contributed by atoms with Crippen molar-refractivity contribution < 1.29 is 9.84 Å². The fraction of sp³-hybridized carbons (Fsp3) is 0.889. The van der Waals surface area contributed by atoms with Crippen LogP contribution in [-0.2, 0) is 4.74 Å². The number of fused-ring (bicyclic) bond motifs is 1. The Labute approximate surface area is 124 Å². The molecule has 0 aliphatic heterocycles. The molecule has 116 valence electrons. The van der Waals surface area contributed by atoms with Gasteiger partial charge >= 0.3 is 0 Å². The Morgan fingerprint density at radius 2 is 2.05 bits per heavy atom. The molecule has 5 unspecified atom stereocenters. The molecule has 2 aliphatic rings. The molecule has 1 saturated carbocycles. The van der Waals surface area contributed by atoms with Gasteiger partial charge in [0.05, 0.1) is 6.10 Å². The Morgan fingerprint density at radius 3 is 2.55 bits per heavy atom. The van der Waals surface area contributed by atoms with Crippen LogP contribution in [0.2, 0.25) is 0 Å². The number of rotatable bonds is 4. The number of allylic oxidation sites excluding steroid dienone is 1. The molecule has 0 spiro atoms. The maximum absolute atomic E-state index is 10.2. The predicted molar refractivity (Wildman–Crippen MR) is 83.6 cm³/mol. The molecule has 0 aromatic rings. The summed E-state index contributed by atoms with van der Waals surface area (Å²) in [7, 11) is 1.80. The minimum absolute atomic E-state index is 0.0137. The molecule has 5 atom stereocenters. The van der Waals surface area contributed by atoms with E-state index in [0.29, 0.717) is 17.3 Å². The number of aliphatic hydroxyl groups is 1. The first-order valence-electron chi connectivity index (χ1n) is 8.30. The van der Waals surface area contributed by atoms with E-state index >= 15 is 0 Å². The molecular formula is C18H32O2. The van der Waals surface area contributed by atoms with Gasteiger partial charge in [-0.15, -0.1) is 0 Å². The van der Waals surface area contributed by atoms with Gasteiger partial charge in [0.25, 0.3) is 0 Å². The molecule has 1 N–H and O–H groups in total. The van der Waals surface area contributed by atoms with Crippen molar-refractivity contribution in [1.29, 1.82) is 0 Å². The molecule has 0 saturated heterocycles. The molecule has 0 aromatic heterocycles. The van der Waals surface area contributed by atoms with Crippen LogP contribution in [0.4, 0.5) is 0 Å². The second-order valence-electron chi connectivity index (χ2n) is 7.41. The molecule has 1 fully saturated rings. The average Bonchev–Trinajstić information content (AvgIpc) is 2.47. The van der Waals surface area contributed by atoms with Crippen molar-refractivity contribution in [2.24, 2.45) is 22.7 Å². The molecule has 2 aliphatic carbocycles. The zero-order chi connectivity index (χ0) is 15.0. The standard InChI is InChI=1S/C18H32O2/c1-6-17(4)9-8-15-14(11-17)10-16(20-5)13(3)18(15,7-2)12-19/h10,13,15-16,19H,6-9,11-12H2,1-5H3. The maximum Gasteiger partial charge on any atom is 0.0786 e. The SMILES string of the molecule is CCC1(C)CCC2C(=CC(OC)C(C)C2(CC)CO)C1. The first kappa shape index (κ1) is 16.0. The van der Waals surface area contributed by atoms with Crippen molar-refractivity contribution in [3.63, 3.8) is 0 Å². The highest BCUT2D eigenvalue weighted by atomic mass is 16.5. The van der Waals surface area contributed by atoms with Gasteiger partial charge in [0.1, 0.15) is 0 Å². The molecule has 2 nitrogen and oxygen atoms in total. The van der Waals surface area contributed by atoms with Crippen molar-refractivity contribution in [1.82, 2.24) is 0 Å². The van der Waals surface area contributed by atoms with Crippen molar-refractivity contribution >= 4 is 0 Å². The third kappa shape index (κ3) is 2.35. The molecule has 0 heterocycles. The number of aliphatic hydroxyl groups excluding tert-OH is 1. The first-order chi connectivity index (χ1) is 9.46. The van der Waals surface area contributed by atoms with Crippen molar-refractivity contribution in [3.8, 4) is 0 Å². The summed E-state index contributed by atoms with van der Waals surface area (Å²) in [6, 6.07) is 0. The molecule has 20 heavy (non-hydrogen) atoms. The van der Waals surface area contributed by atoms with E-state index in [2.05, 4.69) is 33.8 Å². The van der Waals surface area contributed by atoms with Crippen molar-refractivity contribution in [2.75, 3.05) is 13.7 Å². The van der Waals surface area contributed by atoms with Crippen LogP contribution >= 0.6 is 0 Å². The van der Waals surface area contributed by atoms with Crippen LogP contribution in [0.15, 0.2) is 11.6 Å². The summed E-state index contributed by atoms with van der Waals surface area (Å²) in [5.41, 5.74) is 2.01. The Morgan fingerprint density at radius 1 is 1.35 bits per heavy atom. The topological polar surface area (TPSA) is 29.5 Å². The number of ether oxygens (including phenoxy) is 1. The van der Waals surface area contributed by atoms with Crippen LogP contribution in [0, 0.1) is 22.7 Å². The molecular weight excluding hydrogens is 248 g/mol. The van der Waals surface area contributed by atoms with Crippen LogP contribution in [-0.4, -0.2) is 24.9 Å². The lowest BCUT2D eigenvalue weighted by Gasteiger charge is -2.54. The highest BCUT2D eigenvalue weighted by Crippen LogP contribution is 2.57. The second kappa shape index (κ2) is 5.81. The van der Waals surface area contributed by atoms with E-state index in [1.807, 2.05) is 0 Å². The van der Waals surface area contributed by atoms with Crippen LogP contribution in [0.5, 0.6) is 0 Å². The normalized spacial score (nSPS) is 44.9. The number of methoxy groups -OCH3 is 1. The van der Waals surface area contributed by atoms with Crippen LogP contribution in [0.25, 0.3) is 0 Å². The summed E-state index contributed by atoms with van der Waals surface area (Å²) in [6.07, 6.45) is 8.52. The van der Waals surface area contributed by atoms with Gasteiger partial charge in [-0.3, -0.25) is 0 Å². The second-order valence-corrected chi connectivity index (χ2v) is 7.41. The number of hydrogen-bond donors (Lipinski definition) is 1. The molecule has 2 heteroatoms. The Hall–Kier alpha value is -0.340. The summed E-state index contributed by atoms with van der Waals surface area (Å²) >= 11 is 0. The van der Waals surface area contributed by atoms with Crippen LogP contribution in [0.1, 0.15) is 59.8 Å². The fourth-order valence-electron chi connectivity index (χ4n) is 4.72. The fourth-order valence-corrected chi connectivity index (χ4v) is 4.72. The summed E-state index contributed by atoms with van der Waals surface area (Å²) in [6.45, 7) is 9.50. The zero-order valence-electron chi connectivity index (χ0n) is 13.9. The van der Waals surface area contributed by atoms with E-state index in [0.717, 1.165) is 6.42 Å². The minimum atomic E-state index is 0.0137. The Kier molecular flexibility index (Phi) is 4.66. The molecule has 0 aromatic carbocycles. The molecule has 0 radical (unpaired) electrons. The summed E-state index contributed by atoms with van der Waals surface area (Å²) in [5, 5.41) is 10.2. The van der Waals surface area contributed by atoms with Gasteiger partial charge in [-0.05, 0) is 42.9 Å². The average molecular weight is 280 g/mol. The van der Waals surface area contributed by atoms with Gasteiger partial charge in [0, 0.05) is 19.1 Å². The van der Waals surface area contributed by atoms with Crippen LogP contribution in [0.3, 0.4) is 0 Å². The smallest absolute Gasteiger partial charge is 0.0786 e. The lowest BCUT2D eigenvalue weighted by Crippen LogP contribution is -2.50. The van der Waals surface area contributed by atoms with E-state index in [1.165, 1.54) is 25.7 Å². The van der Waals surface area contributed by atoms with Gasteiger partial charge in [0.15, 0.2) is 0 Å². The first-order valence-corrected chi connectivity index (χ1v) is 8.30. The predicted octanol–water partition coefficient (Wildman–Crippen LogP) is 4.18. The third-order valence-corrected chi connectivity index (χ3v) is 6.67. The highest BCUT2D eigenvalue weighted by molar-refractivity contribution is 5.24. The zero-order valence-corrected chi connectivity index (χ0v) is 13.9. The quantitative estimate of drug-likeness (QED) is 0.783. The van der Waals surface area contributed by atoms with Gasteiger partial charge < -0.3 is 9.84 Å². The third-order valence-electron chi connectivity index (χ3n) is 6.67. The van der Waals surface area contributed by atoms with Crippen molar-refractivity contribution in [2.45, 2.75) is 65.9 Å². The molecule has 2 rings (SSSR count). The molecule has 0 amide bonds. The number of hydrogen-bond acceptors (Lipinski definition) is 2. The largest absolute Gasteiger partial charge is 0.396 e. The van der Waals surface area contributed by atoms with Gasteiger partial charge in [-0.2, -0.15) is 0 Å². The minimum Gasteiger partial charge on any atom is -0.396 e. The van der Waals surface area contributed by atoms with Gasteiger partial charge in [0.2, 0.25) is 0 Å². The Balaban J connectivity index is 2.39. The van der Waals surface area contributed by atoms with E-state index in [1.54, 1.807) is 12.7 Å². The lowest BCUT2D eigenvalue weighted by atomic mass is 9.52. The van der Waals surface area contributed by atoms with E-state index in [4.69, 9.17) is 4.74 Å². The Bertz CT molecular complexity index is 370. The highest BCUT2D eigenvalue weighted by Gasteiger charge is 2.51. The van der Waals surface area contributed by atoms with Gasteiger partial charge in [-0.25, -0.2) is 0 Å². The van der Waals surface area contributed by atoms with Crippen molar-refractivity contribution in [3.05, 3.63) is 11.6 Å². The monoisotopic (exact) mass is 280 g/mol. The summed E-state index contributed by atoms with van der Waals surface area (Å²) in [5.74, 6) is 0.945.